The smallest absolute Gasteiger partial charge is 0.295 e. The van der Waals surface area contributed by atoms with Crippen LogP contribution in [-0.2, 0) is 0 Å². The van der Waals surface area contributed by atoms with Crippen LogP contribution in [0.15, 0.2) is 42.5 Å². The van der Waals surface area contributed by atoms with Crippen LogP contribution in [-0.4, -0.2) is 28.5 Å². The maximum Gasteiger partial charge on any atom is 0.295 e. The molecule has 2 aromatic rings. The standard InChI is InChI=1S/C14H15N3O2S/c1-20-10-9-15-13-8-7-12(17(18)19)14(16-13)11-5-3-2-4-6-11/h2-8H,9-10H2,1H3,(H,15,16). The highest BCUT2D eigenvalue weighted by molar-refractivity contribution is 7.98. The molecule has 0 saturated heterocycles. The van der Waals surface area contributed by atoms with Crippen LogP contribution in [0, 0.1) is 10.1 Å². The molecule has 5 nitrogen and oxygen atoms in total. The first kappa shape index (κ1) is 14.3. The summed E-state index contributed by atoms with van der Waals surface area (Å²) in [7, 11) is 0. The molecule has 0 bridgehead atoms. The van der Waals surface area contributed by atoms with E-state index in [1.54, 1.807) is 17.8 Å². The van der Waals surface area contributed by atoms with Crippen molar-refractivity contribution in [3.05, 3.63) is 52.6 Å². The van der Waals surface area contributed by atoms with Gasteiger partial charge in [-0.25, -0.2) is 4.98 Å². The number of pyridine rings is 1. The highest BCUT2D eigenvalue weighted by Crippen LogP contribution is 2.29. The van der Waals surface area contributed by atoms with Crippen molar-refractivity contribution >= 4 is 23.3 Å². The van der Waals surface area contributed by atoms with E-state index in [0.717, 1.165) is 17.9 Å². The molecule has 0 radical (unpaired) electrons. The summed E-state index contributed by atoms with van der Waals surface area (Å²) in [6.07, 6.45) is 2.03. The van der Waals surface area contributed by atoms with Crippen molar-refractivity contribution in [2.45, 2.75) is 0 Å². The van der Waals surface area contributed by atoms with Crippen LogP contribution in [0.2, 0.25) is 0 Å². The lowest BCUT2D eigenvalue weighted by atomic mass is 10.1. The third-order valence-electron chi connectivity index (χ3n) is 2.73. The van der Waals surface area contributed by atoms with E-state index in [0.29, 0.717) is 11.5 Å². The zero-order valence-corrected chi connectivity index (χ0v) is 11.9. The van der Waals surface area contributed by atoms with Crippen LogP contribution in [0.25, 0.3) is 11.3 Å². The molecule has 0 saturated carbocycles. The number of rotatable bonds is 6. The summed E-state index contributed by atoms with van der Waals surface area (Å²) in [5, 5.41) is 14.3. The average molecular weight is 289 g/mol. The van der Waals surface area contributed by atoms with Gasteiger partial charge in [-0.15, -0.1) is 0 Å². The van der Waals surface area contributed by atoms with Crippen molar-refractivity contribution in [3.63, 3.8) is 0 Å². The Morgan fingerprint density at radius 3 is 2.65 bits per heavy atom. The Hall–Kier alpha value is -2.08. The Morgan fingerprint density at radius 1 is 1.25 bits per heavy atom. The predicted molar refractivity (Wildman–Crippen MR) is 83.2 cm³/mol. The second-order valence-electron chi connectivity index (χ2n) is 4.11. The average Bonchev–Trinajstić information content (AvgIpc) is 2.48. The van der Waals surface area contributed by atoms with E-state index in [1.807, 2.05) is 36.6 Å². The molecule has 0 unspecified atom stereocenters. The Morgan fingerprint density at radius 2 is 2.00 bits per heavy atom. The van der Waals surface area contributed by atoms with Gasteiger partial charge in [0.1, 0.15) is 5.82 Å². The van der Waals surface area contributed by atoms with E-state index in [2.05, 4.69) is 10.3 Å². The van der Waals surface area contributed by atoms with Gasteiger partial charge >= 0.3 is 0 Å². The fraction of sp³-hybridized carbons (Fsp3) is 0.214. The van der Waals surface area contributed by atoms with Crippen molar-refractivity contribution in [1.29, 1.82) is 0 Å². The quantitative estimate of drug-likeness (QED) is 0.501. The summed E-state index contributed by atoms with van der Waals surface area (Å²) in [6.45, 7) is 0.778. The maximum absolute atomic E-state index is 11.1. The number of anilines is 1. The Balaban J connectivity index is 2.35. The molecule has 0 spiro atoms. The van der Waals surface area contributed by atoms with E-state index in [-0.39, 0.29) is 5.69 Å². The lowest BCUT2D eigenvalue weighted by Gasteiger charge is -2.07. The molecule has 1 heterocycles. The molecular formula is C14H15N3O2S. The third kappa shape index (κ3) is 3.48. The summed E-state index contributed by atoms with van der Waals surface area (Å²) in [5.74, 6) is 1.61. The van der Waals surface area contributed by atoms with Gasteiger partial charge in [0.25, 0.3) is 5.69 Å². The molecule has 0 aliphatic carbocycles. The number of nitrogens with zero attached hydrogens (tertiary/aromatic N) is 2. The largest absolute Gasteiger partial charge is 0.369 e. The van der Waals surface area contributed by atoms with Crippen LogP contribution in [0.5, 0.6) is 0 Å². The number of benzene rings is 1. The highest BCUT2D eigenvalue weighted by Gasteiger charge is 2.17. The third-order valence-corrected chi connectivity index (χ3v) is 3.34. The Labute approximate surface area is 121 Å². The molecule has 104 valence electrons. The number of hydrogen-bond donors (Lipinski definition) is 1. The van der Waals surface area contributed by atoms with Gasteiger partial charge in [-0.1, -0.05) is 30.3 Å². The molecule has 1 aromatic heterocycles. The zero-order valence-electron chi connectivity index (χ0n) is 11.1. The van der Waals surface area contributed by atoms with Crippen molar-refractivity contribution < 1.29 is 4.92 Å². The first-order valence-corrected chi connectivity index (χ1v) is 7.55. The fourth-order valence-electron chi connectivity index (χ4n) is 1.79. The Kier molecular flexibility index (Phi) is 4.95. The molecule has 0 fully saturated rings. The number of thioether (sulfide) groups is 1. The number of hydrogen-bond acceptors (Lipinski definition) is 5. The van der Waals surface area contributed by atoms with Crippen LogP contribution in [0.1, 0.15) is 0 Å². The maximum atomic E-state index is 11.1. The minimum absolute atomic E-state index is 0.0200. The molecule has 2 rings (SSSR count). The summed E-state index contributed by atoms with van der Waals surface area (Å²) >= 11 is 1.73. The van der Waals surface area contributed by atoms with Crippen molar-refractivity contribution in [1.82, 2.24) is 4.98 Å². The normalized spacial score (nSPS) is 10.2. The van der Waals surface area contributed by atoms with E-state index in [4.69, 9.17) is 0 Å². The van der Waals surface area contributed by atoms with Gasteiger partial charge in [-0.05, 0) is 12.3 Å². The number of nitrogens with one attached hydrogen (secondary N) is 1. The summed E-state index contributed by atoms with van der Waals surface area (Å²) in [4.78, 5) is 15.1. The topological polar surface area (TPSA) is 68.1 Å². The minimum Gasteiger partial charge on any atom is -0.369 e. The second-order valence-corrected chi connectivity index (χ2v) is 5.09. The second kappa shape index (κ2) is 6.91. The van der Waals surface area contributed by atoms with E-state index in [1.165, 1.54) is 6.07 Å². The molecule has 1 aromatic carbocycles. The van der Waals surface area contributed by atoms with E-state index >= 15 is 0 Å². The highest BCUT2D eigenvalue weighted by atomic mass is 32.2. The van der Waals surface area contributed by atoms with Gasteiger partial charge in [0.15, 0.2) is 5.69 Å². The molecule has 1 N–H and O–H groups in total. The van der Waals surface area contributed by atoms with Gasteiger partial charge in [0.05, 0.1) is 4.92 Å². The van der Waals surface area contributed by atoms with Crippen LogP contribution < -0.4 is 5.32 Å². The first-order chi connectivity index (χ1) is 9.72. The predicted octanol–water partition coefficient (Wildman–Crippen LogP) is 3.43. The molecule has 0 aliphatic rings. The van der Waals surface area contributed by atoms with Crippen molar-refractivity contribution in [2.24, 2.45) is 0 Å². The van der Waals surface area contributed by atoms with Gasteiger partial charge in [0, 0.05) is 23.9 Å². The lowest BCUT2D eigenvalue weighted by Crippen LogP contribution is -2.06. The van der Waals surface area contributed by atoms with Gasteiger partial charge in [-0.2, -0.15) is 11.8 Å². The first-order valence-electron chi connectivity index (χ1n) is 6.16. The van der Waals surface area contributed by atoms with E-state index in [9.17, 15) is 10.1 Å². The number of nitro groups is 1. The zero-order chi connectivity index (χ0) is 14.4. The van der Waals surface area contributed by atoms with Crippen LogP contribution in [0.4, 0.5) is 11.5 Å². The fourth-order valence-corrected chi connectivity index (χ4v) is 2.09. The molecular weight excluding hydrogens is 274 g/mol. The SMILES string of the molecule is CSCCNc1ccc([N+](=O)[O-])c(-c2ccccc2)n1. The van der Waals surface area contributed by atoms with Crippen molar-refractivity contribution in [3.8, 4) is 11.3 Å². The minimum atomic E-state index is -0.402. The van der Waals surface area contributed by atoms with Gasteiger partial charge < -0.3 is 5.32 Å². The molecule has 0 aliphatic heterocycles. The summed E-state index contributed by atoms with van der Waals surface area (Å²) < 4.78 is 0. The lowest BCUT2D eigenvalue weighted by molar-refractivity contribution is -0.384. The summed E-state index contributed by atoms with van der Waals surface area (Å²) in [6, 6.07) is 12.3. The monoisotopic (exact) mass is 289 g/mol. The van der Waals surface area contributed by atoms with Crippen LogP contribution in [0.3, 0.4) is 0 Å². The molecule has 20 heavy (non-hydrogen) atoms. The van der Waals surface area contributed by atoms with Gasteiger partial charge in [-0.3, -0.25) is 10.1 Å². The van der Waals surface area contributed by atoms with Crippen LogP contribution >= 0.6 is 11.8 Å². The molecule has 0 amide bonds. The Bertz CT molecular complexity index is 590. The van der Waals surface area contributed by atoms with Crippen molar-refractivity contribution in [2.75, 3.05) is 23.9 Å². The molecule has 0 atom stereocenters. The molecule has 6 heteroatoms. The summed E-state index contributed by atoms with van der Waals surface area (Å²) in [5.41, 5.74) is 1.16. The van der Waals surface area contributed by atoms with Gasteiger partial charge in [0.2, 0.25) is 0 Å². The number of aromatic nitrogens is 1. The van der Waals surface area contributed by atoms with E-state index < -0.39 is 4.92 Å².